The molecule has 0 aliphatic rings. The van der Waals surface area contributed by atoms with E-state index in [1.807, 2.05) is 0 Å². The Hall–Kier alpha value is -2.34. The fourth-order valence-corrected chi connectivity index (χ4v) is 2.97. The summed E-state index contributed by atoms with van der Waals surface area (Å²) in [6.45, 7) is 4.36. The Labute approximate surface area is 118 Å². The number of fused-ring (bicyclic) bond motifs is 3. The third-order valence-electron chi connectivity index (χ3n) is 4.27. The van der Waals surface area contributed by atoms with Gasteiger partial charge in [0.05, 0.1) is 0 Å². The zero-order chi connectivity index (χ0) is 13.7. The number of hydrogen-bond donors (Lipinski definition) is 0. The number of aryl methyl sites for hydroxylation is 2. The van der Waals surface area contributed by atoms with Crippen molar-refractivity contribution < 1.29 is 0 Å². The third kappa shape index (κ3) is 1.69. The molecule has 4 aromatic rings. The van der Waals surface area contributed by atoms with Crippen LogP contribution in [0.4, 0.5) is 0 Å². The molecule has 0 bridgehead atoms. The molecule has 0 aromatic heterocycles. The van der Waals surface area contributed by atoms with Crippen LogP contribution < -0.4 is 0 Å². The van der Waals surface area contributed by atoms with Gasteiger partial charge in [-0.2, -0.15) is 0 Å². The highest BCUT2D eigenvalue weighted by Crippen LogP contribution is 2.28. The topological polar surface area (TPSA) is 0 Å². The molecule has 0 N–H and O–H groups in total. The van der Waals surface area contributed by atoms with E-state index in [9.17, 15) is 0 Å². The van der Waals surface area contributed by atoms with E-state index in [1.54, 1.807) is 0 Å². The maximum atomic E-state index is 2.31. The summed E-state index contributed by atoms with van der Waals surface area (Å²) >= 11 is 0. The molecule has 0 nitrogen and oxygen atoms in total. The van der Waals surface area contributed by atoms with Gasteiger partial charge in [-0.25, -0.2) is 0 Å². The van der Waals surface area contributed by atoms with Gasteiger partial charge in [0.1, 0.15) is 0 Å². The quantitative estimate of drug-likeness (QED) is 0.351. The summed E-state index contributed by atoms with van der Waals surface area (Å²) in [6, 6.07) is 22.3. The molecular weight excluding hydrogens is 240 g/mol. The van der Waals surface area contributed by atoms with E-state index in [1.165, 1.54) is 43.4 Å². The van der Waals surface area contributed by atoms with E-state index in [0.717, 1.165) is 0 Å². The molecule has 0 amide bonds. The minimum atomic E-state index is 1.31. The van der Waals surface area contributed by atoms with Gasteiger partial charge in [0.15, 0.2) is 0 Å². The smallest absolute Gasteiger partial charge is 0.0171 e. The molecule has 0 saturated carbocycles. The Bertz CT molecular complexity index is 882. The first-order chi connectivity index (χ1) is 9.70. The Morgan fingerprint density at radius 1 is 0.450 bits per heavy atom. The van der Waals surface area contributed by atoms with Gasteiger partial charge in [-0.15, -0.1) is 0 Å². The monoisotopic (exact) mass is 256 g/mol. The van der Waals surface area contributed by atoms with Crippen molar-refractivity contribution in [1.82, 2.24) is 0 Å². The van der Waals surface area contributed by atoms with Gasteiger partial charge < -0.3 is 0 Å². The maximum Gasteiger partial charge on any atom is -0.0171 e. The van der Waals surface area contributed by atoms with E-state index in [4.69, 9.17) is 0 Å². The first kappa shape index (κ1) is 11.5. The number of rotatable bonds is 0. The van der Waals surface area contributed by atoms with Crippen LogP contribution in [0, 0.1) is 13.8 Å². The Kier molecular flexibility index (Phi) is 2.34. The van der Waals surface area contributed by atoms with Gasteiger partial charge >= 0.3 is 0 Å². The van der Waals surface area contributed by atoms with Crippen molar-refractivity contribution in [3.63, 3.8) is 0 Å². The second kappa shape index (κ2) is 4.08. The molecule has 0 fully saturated rings. The van der Waals surface area contributed by atoms with Crippen LogP contribution >= 0.6 is 0 Å². The maximum absolute atomic E-state index is 2.31. The lowest BCUT2D eigenvalue weighted by atomic mass is 9.97. The zero-order valence-corrected chi connectivity index (χ0v) is 11.8. The fraction of sp³-hybridized carbons (Fsp3) is 0.100. The van der Waals surface area contributed by atoms with E-state index in [-0.39, 0.29) is 0 Å². The molecule has 0 heteroatoms. The highest BCUT2D eigenvalue weighted by Gasteiger charge is 2.02. The van der Waals surface area contributed by atoms with Crippen molar-refractivity contribution in [3.8, 4) is 0 Å². The minimum Gasteiger partial charge on any atom is -0.0616 e. The molecule has 20 heavy (non-hydrogen) atoms. The van der Waals surface area contributed by atoms with Crippen molar-refractivity contribution in [2.45, 2.75) is 13.8 Å². The van der Waals surface area contributed by atoms with Gasteiger partial charge in [-0.05, 0) is 81.6 Å². The van der Waals surface area contributed by atoms with Gasteiger partial charge in [-0.1, -0.05) is 36.4 Å². The molecule has 0 aliphatic heterocycles. The van der Waals surface area contributed by atoms with Gasteiger partial charge in [0.2, 0.25) is 0 Å². The van der Waals surface area contributed by atoms with Crippen molar-refractivity contribution in [3.05, 3.63) is 71.8 Å². The van der Waals surface area contributed by atoms with Crippen molar-refractivity contribution in [2.24, 2.45) is 0 Å². The molecule has 0 unspecified atom stereocenters. The summed E-state index contributed by atoms with van der Waals surface area (Å²) in [7, 11) is 0. The molecule has 0 aliphatic carbocycles. The normalized spacial score (nSPS) is 11.5. The summed E-state index contributed by atoms with van der Waals surface area (Å²) in [5.74, 6) is 0. The summed E-state index contributed by atoms with van der Waals surface area (Å²) in [5.41, 5.74) is 2.72. The lowest BCUT2D eigenvalue weighted by molar-refractivity contribution is 1.37. The Morgan fingerprint density at radius 2 is 0.800 bits per heavy atom. The zero-order valence-electron chi connectivity index (χ0n) is 11.8. The van der Waals surface area contributed by atoms with Crippen LogP contribution in [0.5, 0.6) is 0 Å². The SMILES string of the molecule is Cc1cc2cc3cc4ccccc4cc3cc2cc1C. The van der Waals surface area contributed by atoms with Gasteiger partial charge in [-0.3, -0.25) is 0 Å². The average molecular weight is 256 g/mol. The van der Waals surface area contributed by atoms with Crippen LogP contribution in [0.15, 0.2) is 60.7 Å². The molecule has 4 rings (SSSR count). The summed E-state index contributed by atoms with van der Waals surface area (Å²) in [6.07, 6.45) is 0. The van der Waals surface area contributed by atoms with Gasteiger partial charge in [0.25, 0.3) is 0 Å². The Morgan fingerprint density at radius 3 is 1.25 bits per heavy atom. The molecule has 96 valence electrons. The first-order valence-corrected chi connectivity index (χ1v) is 7.04. The summed E-state index contributed by atoms with van der Waals surface area (Å²) in [4.78, 5) is 0. The second-order valence-electron chi connectivity index (χ2n) is 5.68. The third-order valence-corrected chi connectivity index (χ3v) is 4.27. The van der Waals surface area contributed by atoms with Crippen LogP contribution in [0.2, 0.25) is 0 Å². The van der Waals surface area contributed by atoms with Crippen LogP contribution in [-0.2, 0) is 0 Å². The largest absolute Gasteiger partial charge is 0.0616 e. The average Bonchev–Trinajstić information content (AvgIpc) is 2.44. The van der Waals surface area contributed by atoms with E-state index in [0.29, 0.717) is 0 Å². The second-order valence-corrected chi connectivity index (χ2v) is 5.68. The van der Waals surface area contributed by atoms with Crippen LogP contribution in [-0.4, -0.2) is 0 Å². The van der Waals surface area contributed by atoms with Crippen molar-refractivity contribution >= 4 is 32.3 Å². The summed E-state index contributed by atoms with van der Waals surface area (Å²) < 4.78 is 0. The van der Waals surface area contributed by atoms with E-state index in [2.05, 4.69) is 74.5 Å². The molecule has 0 radical (unpaired) electrons. The van der Waals surface area contributed by atoms with E-state index < -0.39 is 0 Å². The predicted octanol–water partition coefficient (Wildman–Crippen LogP) is 5.76. The molecule has 0 atom stereocenters. The summed E-state index contributed by atoms with van der Waals surface area (Å²) in [5, 5.41) is 7.91. The van der Waals surface area contributed by atoms with E-state index >= 15 is 0 Å². The highest BCUT2D eigenvalue weighted by atomic mass is 14.1. The first-order valence-electron chi connectivity index (χ1n) is 7.04. The lowest BCUT2D eigenvalue weighted by Crippen LogP contribution is -1.83. The lowest BCUT2D eigenvalue weighted by Gasteiger charge is -2.07. The van der Waals surface area contributed by atoms with Crippen molar-refractivity contribution in [1.29, 1.82) is 0 Å². The molecular formula is C20H16. The van der Waals surface area contributed by atoms with Crippen LogP contribution in [0.3, 0.4) is 0 Å². The fourth-order valence-electron chi connectivity index (χ4n) is 2.97. The van der Waals surface area contributed by atoms with Gasteiger partial charge in [0, 0.05) is 0 Å². The van der Waals surface area contributed by atoms with Crippen LogP contribution in [0.25, 0.3) is 32.3 Å². The molecule has 4 aromatic carbocycles. The Balaban J connectivity index is 2.15. The molecule has 0 spiro atoms. The standard InChI is InChI=1S/C20H16/c1-13-7-17-11-19-9-15-5-3-4-6-16(15)10-20(19)12-18(17)8-14(13)2/h3-12H,1-2H3. The molecule has 0 heterocycles. The van der Waals surface area contributed by atoms with Crippen molar-refractivity contribution in [2.75, 3.05) is 0 Å². The minimum absolute atomic E-state index is 1.31. The number of hydrogen-bond acceptors (Lipinski definition) is 0. The van der Waals surface area contributed by atoms with Crippen LogP contribution in [0.1, 0.15) is 11.1 Å². The molecule has 0 saturated heterocycles. The predicted molar refractivity (Wildman–Crippen MR) is 88.4 cm³/mol. The highest BCUT2D eigenvalue weighted by molar-refractivity contribution is 6.04. The number of benzene rings is 4.